The van der Waals surface area contributed by atoms with Gasteiger partial charge in [-0.1, -0.05) is 30.7 Å². The van der Waals surface area contributed by atoms with Crippen molar-refractivity contribution in [3.63, 3.8) is 0 Å². The first-order valence-corrected chi connectivity index (χ1v) is 7.61. The molecule has 2 nitrogen and oxygen atoms in total. The van der Waals surface area contributed by atoms with E-state index in [1.54, 1.807) is 0 Å². The second-order valence-corrected chi connectivity index (χ2v) is 6.24. The number of benzene rings is 1. The van der Waals surface area contributed by atoms with Crippen molar-refractivity contribution in [2.75, 3.05) is 6.54 Å². The third-order valence-corrected chi connectivity index (χ3v) is 4.49. The number of halogens is 1. The lowest BCUT2D eigenvalue weighted by atomic mass is 9.78. The van der Waals surface area contributed by atoms with Gasteiger partial charge in [0.15, 0.2) is 0 Å². The molecule has 2 N–H and O–H groups in total. The summed E-state index contributed by atoms with van der Waals surface area (Å²) in [5.41, 5.74) is 1.65. The van der Waals surface area contributed by atoms with Gasteiger partial charge in [0, 0.05) is 17.5 Å². The zero-order chi connectivity index (χ0) is 13.9. The van der Waals surface area contributed by atoms with Crippen LogP contribution in [-0.4, -0.2) is 23.3 Å². The molecule has 1 saturated carbocycles. The van der Waals surface area contributed by atoms with Crippen LogP contribution in [0.4, 0.5) is 0 Å². The molecular formula is C16H24ClNO. The van der Waals surface area contributed by atoms with E-state index in [2.05, 4.69) is 18.3 Å². The second-order valence-electron chi connectivity index (χ2n) is 5.83. The second kappa shape index (κ2) is 6.25. The molecule has 0 aliphatic heterocycles. The van der Waals surface area contributed by atoms with Gasteiger partial charge >= 0.3 is 0 Å². The first-order valence-electron chi connectivity index (χ1n) is 7.23. The molecule has 2 rings (SSSR count). The zero-order valence-corrected chi connectivity index (χ0v) is 12.6. The van der Waals surface area contributed by atoms with Crippen LogP contribution >= 0.6 is 11.6 Å². The summed E-state index contributed by atoms with van der Waals surface area (Å²) in [6.07, 6.45) is 4.48. The fraction of sp³-hybridized carbons (Fsp3) is 0.625. The Morgan fingerprint density at radius 2 is 2.05 bits per heavy atom. The summed E-state index contributed by atoms with van der Waals surface area (Å²) in [6.45, 7) is 5.17. The highest BCUT2D eigenvalue weighted by Gasteiger charge is 2.33. The lowest BCUT2D eigenvalue weighted by Gasteiger charge is -2.36. The van der Waals surface area contributed by atoms with E-state index in [1.807, 2.05) is 19.1 Å². The van der Waals surface area contributed by atoms with Gasteiger partial charge in [-0.15, -0.1) is 0 Å². The average Bonchev–Trinajstić information content (AvgIpc) is 2.36. The molecule has 1 aliphatic carbocycles. The predicted octanol–water partition coefficient (Wildman–Crippen LogP) is 3.47. The minimum atomic E-state index is -0.579. The van der Waals surface area contributed by atoms with E-state index in [1.165, 1.54) is 0 Å². The maximum atomic E-state index is 10.7. The minimum Gasteiger partial charge on any atom is -0.390 e. The van der Waals surface area contributed by atoms with Crippen LogP contribution in [0, 0.1) is 6.92 Å². The summed E-state index contributed by atoms with van der Waals surface area (Å²) in [5.74, 6) is 0. The summed E-state index contributed by atoms with van der Waals surface area (Å²) >= 11 is 6.27. The van der Waals surface area contributed by atoms with Gasteiger partial charge in [-0.25, -0.2) is 0 Å². The zero-order valence-electron chi connectivity index (χ0n) is 11.9. The van der Waals surface area contributed by atoms with Gasteiger partial charge in [0.25, 0.3) is 0 Å². The minimum absolute atomic E-state index is 0.568. The average molecular weight is 282 g/mol. The first kappa shape index (κ1) is 14.8. The van der Waals surface area contributed by atoms with Gasteiger partial charge in [0.05, 0.1) is 5.60 Å². The summed E-state index contributed by atoms with van der Waals surface area (Å²) in [7, 11) is 0. The van der Waals surface area contributed by atoms with E-state index in [-0.39, 0.29) is 0 Å². The highest BCUT2D eigenvalue weighted by Crippen LogP contribution is 2.33. The van der Waals surface area contributed by atoms with Gasteiger partial charge < -0.3 is 10.4 Å². The Morgan fingerprint density at radius 3 is 2.63 bits per heavy atom. The van der Waals surface area contributed by atoms with E-state index < -0.39 is 5.60 Å². The third-order valence-electron chi connectivity index (χ3n) is 4.14. The molecule has 1 aliphatic rings. The van der Waals surface area contributed by atoms with Crippen molar-refractivity contribution >= 4 is 11.6 Å². The summed E-state index contributed by atoms with van der Waals surface area (Å²) in [4.78, 5) is 0. The normalized spacial score (nSPS) is 27.5. The molecule has 0 saturated heterocycles. The molecule has 0 aromatic heterocycles. The summed E-state index contributed by atoms with van der Waals surface area (Å²) < 4.78 is 0. The van der Waals surface area contributed by atoms with Crippen LogP contribution in [-0.2, 0) is 6.42 Å². The van der Waals surface area contributed by atoms with E-state index in [9.17, 15) is 5.11 Å². The Morgan fingerprint density at radius 1 is 1.37 bits per heavy atom. The fourth-order valence-electron chi connectivity index (χ4n) is 2.97. The fourth-order valence-corrected chi connectivity index (χ4v) is 3.28. The molecule has 1 aromatic carbocycles. The van der Waals surface area contributed by atoms with Crippen molar-refractivity contribution in [1.82, 2.24) is 5.32 Å². The predicted molar refractivity (Wildman–Crippen MR) is 80.8 cm³/mol. The number of hydrogen-bond donors (Lipinski definition) is 2. The molecule has 0 atom stereocenters. The van der Waals surface area contributed by atoms with E-state index in [0.717, 1.165) is 48.4 Å². The number of nitrogens with one attached hydrogen (secondary N) is 1. The Kier molecular flexibility index (Phi) is 4.88. The third kappa shape index (κ3) is 3.95. The van der Waals surface area contributed by atoms with Gasteiger partial charge in [0.2, 0.25) is 0 Å². The van der Waals surface area contributed by atoms with E-state index in [0.29, 0.717) is 12.5 Å². The Labute approximate surface area is 121 Å². The van der Waals surface area contributed by atoms with Gasteiger partial charge in [0.1, 0.15) is 0 Å². The van der Waals surface area contributed by atoms with Crippen LogP contribution in [0.25, 0.3) is 0 Å². The largest absolute Gasteiger partial charge is 0.390 e. The molecule has 0 heterocycles. The molecule has 0 amide bonds. The monoisotopic (exact) mass is 281 g/mol. The first-order chi connectivity index (χ1) is 9.02. The van der Waals surface area contributed by atoms with Crippen LogP contribution in [0.5, 0.6) is 0 Å². The summed E-state index contributed by atoms with van der Waals surface area (Å²) in [6, 6.07) is 6.66. The van der Waals surface area contributed by atoms with Crippen molar-refractivity contribution in [3.05, 3.63) is 34.3 Å². The van der Waals surface area contributed by atoms with Crippen molar-refractivity contribution in [2.45, 2.75) is 57.6 Å². The molecular weight excluding hydrogens is 258 g/mol. The van der Waals surface area contributed by atoms with Crippen LogP contribution in [0.3, 0.4) is 0 Å². The maximum Gasteiger partial charge on any atom is 0.0689 e. The van der Waals surface area contributed by atoms with Crippen molar-refractivity contribution in [2.24, 2.45) is 0 Å². The number of rotatable bonds is 4. The Bertz CT molecular complexity index is 425. The molecule has 19 heavy (non-hydrogen) atoms. The van der Waals surface area contributed by atoms with Crippen LogP contribution in [0.15, 0.2) is 18.2 Å². The SMILES string of the molecule is CCNC1CCC(O)(Cc2ccc(C)cc2Cl)CC1. The molecule has 1 aromatic rings. The lowest BCUT2D eigenvalue weighted by molar-refractivity contribution is -0.00293. The molecule has 0 spiro atoms. The molecule has 0 radical (unpaired) electrons. The summed E-state index contributed by atoms with van der Waals surface area (Å²) in [5, 5.41) is 15.0. The number of aryl methyl sites for hydroxylation is 1. The van der Waals surface area contributed by atoms with Crippen molar-refractivity contribution in [3.8, 4) is 0 Å². The van der Waals surface area contributed by atoms with Crippen LogP contribution in [0.2, 0.25) is 5.02 Å². The van der Waals surface area contributed by atoms with Gasteiger partial charge in [-0.3, -0.25) is 0 Å². The quantitative estimate of drug-likeness (QED) is 0.886. The molecule has 106 valence electrons. The molecule has 0 bridgehead atoms. The Balaban J connectivity index is 1.99. The molecule has 1 fully saturated rings. The van der Waals surface area contributed by atoms with Gasteiger partial charge in [-0.05, 0) is 56.3 Å². The van der Waals surface area contributed by atoms with E-state index in [4.69, 9.17) is 11.6 Å². The highest BCUT2D eigenvalue weighted by atomic mass is 35.5. The standard InChI is InChI=1S/C16H24ClNO/c1-3-18-14-6-8-16(19,9-7-14)11-13-5-4-12(2)10-15(13)17/h4-5,10,14,18-19H,3,6-9,11H2,1-2H3. The maximum absolute atomic E-state index is 10.7. The van der Waals surface area contributed by atoms with Gasteiger partial charge in [-0.2, -0.15) is 0 Å². The van der Waals surface area contributed by atoms with Crippen LogP contribution in [0.1, 0.15) is 43.7 Å². The number of aliphatic hydroxyl groups is 1. The molecule has 3 heteroatoms. The smallest absolute Gasteiger partial charge is 0.0689 e. The highest BCUT2D eigenvalue weighted by molar-refractivity contribution is 6.31. The Hall–Kier alpha value is -0.570. The topological polar surface area (TPSA) is 32.3 Å². The lowest BCUT2D eigenvalue weighted by Crippen LogP contribution is -2.42. The van der Waals surface area contributed by atoms with Crippen molar-refractivity contribution < 1.29 is 5.11 Å². The number of hydrogen-bond acceptors (Lipinski definition) is 2. The molecule has 0 unspecified atom stereocenters. The van der Waals surface area contributed by atoms with Crippen LogP contribution < -0.4 is 5.32 Å². The van der Waals surface area contributed by atoms with Crippen molar-refractivity contribution in [1.29, 1.82) is 0 Å². The van der Waals surface area contributed by atoms with E-state index >= 15 is 0 Å².